The largest absolute Gasteiger partial charge is 0.487 e. The van der Waals surface area contributed by atoms with Crippen LogP contribution in [0.5, 0.6) is 5.75 Å². The molecular formula is C25H22N4O3. The Hall–Kier alpha value is -4.00. The normalized spacial score (nSPS) is 13.6. The molecule has 1 amide bonds. The number of pyridine rings is 1. The van der Waals surface area contributed by atoms with Gasteiger partial charge in [0.15, 0.2) is 0 Å². The Labute approximate surface area is 185 Å². The van der Waals surface area contributed by atoms with Crippen LogP contribution < -0.4 is 4.74 Å². The Bertz CT molecular complexity index is 1220. The van der Waals surface area contributed by atoms with Crippen LogP contribution in [0.2, 0.25) is 0 Å². The first-order valence-corrected chi connectivity index (χ1v) is 10.5. The zero-order chi connectivity index (χ0) is 21.9. The molecule has 3 heterocycles. The Balaban J connectivity index is 1.14. The van der Waals surface area contributed by atoms with E-state index >= 15 is 0 Å². The highest BCUT2D eigenvalue weighted by Gasteiger charge is 2.32. The standard InChI is InChI=1S/C25H22N4O3/c1-17-3-2-4-18(13-17)14-23(30)29-15-22(16-29)31-21-7-5-19(6-8-21)24-27-25(32-28-24)20-9-11-26-12-10-20/h2-13,22H,14-16H2,1H3. The van der Waals surface area contributed by atoms with Gasteiger partial charge in [0, 0.05) is 23.5 Å². The van der Waals surface area contributed by atoms with Crippen molar-refractivity contribution in [2.75, 3.05) is 13.1 Å². The first kappa shape index (κ1) is 19.9. The van der Waals surface area contributed by atoms with E-state index in [1.807, 2.05) is 66.4 Å². The molecule has 0 radical (unpaired) electrons. The van der Waals surface area contributed by atoms with Crippen molar-refractivity contribution in [3.8, 4) is 28.6 Å². The fourth-order valence-corrected chi connectivity index (χ4v) is 3.65. The minimum absolute atomic E-state index is 0.00535. The number of carbonyl (C=O) groups excluding carboxylic acids is 1. The Kier molecular flexibility index (Phi) is 5.37. The van der Waals surface area contributed by atoms with Crippen LogP contribution in [0.25, 0.3) is 22.8 Å². The van der Waals surface area contributed by atoms with Gasteiger partial charge in [0.05, 0.1) is 19.5 Å². The molecule has 0 spiro atoms. The van der Waals surface area contributed by atoms with Crippen LogP contribution >= 0.6 is 0 Å². The van der Waals surface area contributed by atoms with E-state index < -0.39 is 0 Å². The van der Waals surface area contributed by atoms with Crippen LogP contribution in [-0.2, 0) is 11.2 Å². The van der Waals surface area contributed by atoms with Gasteiger partial charge in [-0.1, -0.05) is 35.0 Å². The third kappa shape index (κ3) is 4.37. The van der Waals surface area contributed by atoms with Gasteiger partial charge in [0.2, 0.25) is 11.7 Å². The van der Waals surface area contributed by atoms with Gasteiger partial charge in [-0.15, -0.1) is 0 Å². The number of aryl methyl sites for hydroxylation is 1. The predicted octanol–water partition coefficient (Wildman–Crippen LogP) is 3.94. The van der Waals surface area contributed by atoms with E-state index in [0.29, 0.717) is 31.2 Å². The number of ether oxygens (including phenoxy) is 1. The lowest BCUT2D eigenvalue weighted by Crippen LogP contribution is -2.56. The zero-order valence-electron chi connectivity index (χ0n) is 17.6. The molecule has 7 heteroatoms. The Morgan fingerprint density at radius 2 is 1.84 bits per heavy atom. The van der Waals surface area contributed by atoms with Crippen LogP contribution in [0, 0.1) is 6.92 Å². The molecule has 0 bridgehead atoms. The molecule has 0 saturated carbocycles. The van der Waals surface area contributed by atoms with E-state index in [1.54, 1.807) is 12.4 Å². The van der Waals surface area contributed by atoms with Gasteiger partial charge in [-0.2, -0.15) is 4.98 Å². The fraction of sp³-hybridized carbons (Fsp3) is 0.200. The second kappa shape index (κ2) is 8.63. The second-order valence-corrected chi connectivity index (χ2v) is 7.89. The van der Waals surface area contributed by atoms with Crippen LogP contribution in [0.4, 0.5) is 0 Å². The van der Waals surface area contributed by atoms with Crippen LogP contribution in [0.3, 0.4) is 0 Å². The summed E-state index contributed by atoms with van der Waals surface area (Å²) < 4.78 is 11.4. The Morgan fingerprint density at radius 1 is 1.06 bits per heavy atom. The summed E-state index contributed by atoms with van der Waals surface area (Å²) in [5.74, 6) is 1.85. The molecule has 4 aromatic rings. The molecule has 7 nitrogen and oxygen atoms in total. The summed E-state index contributed by atoms with van der Waals surface area (Å²) >= 11 is 0. The summed E-state index contributed by atoms with van der Waals surface area (Å²) in [6.07, 6.45) is 3.80. The molecule has 1 saturated heterocycles. The molecule has 0 unspecified atom stereocenters. The van der Waals surface area contributed by atoms with E-state index in [1.165, 1.54) is 0 Å². The van der Waals surface area contributed by atoms with Crippen molar-refractivity contribution < 1.29 is 14.1 Å². The van der Waals surface area contributed by atoms with Crippen molar-refractivity contribution in [3.63, 3.8) is 0 Å². The van der Waals surface area contributed by atoms with E-state index in [-0.39, 0.29) is 12.0 Å². The predicted molar refractivity (Wildman–Crippen MR) is 119 cm³/mol. The van der Waals surface area contributed by atoms with E-state index in [0.717, 1.165) is 28.0 Å². The number of amides is 1. The smallest absolute Gasteiger partial charge is 0.258 e. The average molecular weight is 426 g/mol. The third-order valence-electron chi connectivity index (χ3n) is 5.41. The maximum Gasteiger partial charge on any atom is 0.258 e. The van der Waals surface area contributed by atoms with Crippen molar-refractivity contribution in [3.05, 3.63) is 84.2 Å². The van der Waals surface area contributed by atoms with E-state index in [9.17, 15) is 4.79 Å². The maximum absolute atomic E-state index is 12.5. The molecule has 0 atom stereocenters. The number of benzene rings is 2. The molecule has 160 valence electrons. The van der Waals surface area contributed by atoms with Crippen LogP contribution in [-0.4, -0.2) is 45.1 Å². The van der Waals surface area contributed by atoms with E-state index in [2.05, 4.69) is 21.2 Å². The fourth-order valence-electron chi connectivity index (χ4n) is 3.65. The topological polar surface area (TPSA) is 81.4 Å². The van der Waals surface area contributed by atoms with Crippen LogP contribution in [0.15, 0.2) is 77.6 Å². The van der Waals surface area contributed by atoms with Crippen molar-refractivity contribution in [2.45, 2.75) is 19.4 Å². The van der Waals surface area contributed by atoms with Crippen molar-refractivity contribution in [1.29, 1.82) is 0 Å². The number of hydrogen-bond donors (Lipinski definition) is 0. The average Bonchev–Trinajstić information content (AvgIpc) is 3.27. The van der Waals surface area contributed by atoms with E-state index in [4.69, 9.17) is 9.26 Å². The molecule has 2 aromatic heterocycles. The number of likely N-dealkylation sites (tertiary alicyclic amines) is 1. The molecule has 1 aliphatic rings. The third-order valence-corrected chi connectivity index (χ3v) is 5.41. The number of carbonyl (C=O) groups is 1. The summed E-state index contributed by atoms with van der Waals surface area (Å²) in [6, 6.07) is 19.3. The molecule has 2 aromatic carbocycles. The summed E-state index contributed by atoms with van der Waals surface area (Å²) in [4.78, 5) is 22.7. The first-order chi connectivity index (χ1) is 15.6. The quantitative estimate of drug-likeness (QED) is 0.465. The highest BCUT2D eigenvalue weighted by atomic mass is 16.5. The minimum Gasteiger partial charge on any atom is -0.487 e. The Morgan fingerprint density at radius 3 is 2.59 bits per heavy atom. The number of rotatable bonds is 6. The van der Waals surface area contributed by atoms with Gasteiger partial charge >= 0.3 is 0 Å². The highest BCUT2D eigenvalue weighted by molar-refractivity contribution is 5.79. The molecular weight excluding hydrogens is 404 g/mol. The monoisotopic (exact) mass is 426 g/mol. The van der Waals surface area contributed by atoms with Crippen molar-refractivity contribution >= 4 is 5.91 Å². The van der Waals surface area contributed by atoms with Gasteiger partial charge in [0.1, 0.15) is 11.9 Å². The minimum atomic E-state index is 0.00535. The summed E-state index contributed by atoms with van der Waals surface area (Å²) in [5, 5.41) is 4.06. The van der Waals surface area contributed by atoms with Crippen molar-refractivity contribution in [1.82, 2.24) is 20.0 Å². The maximum atomic E-state index is 12.5. The molecule has 0 aliphatic carbocycles. The first-order valence-electron chi connectivity index (χ1n) is 10.5. The van der Waals surface area contributed by atoms with Gasteiger partial charge in [-0.25, -0.2) is 0 Å². The lowest BCUT2D eigenvalue weighted by Gasteiger charge is -2.39. The number of hydrogen-bond acceptors (Lipinski definition) is 6. The SMILES string of the molecule is Cc1cccc(CC(=O)N2CC(Oc3ccc(-c4noc(-c5ccncc5)n4)cc3)C2)c1. The summed E-state index contributed by atoms with van der Waals surface area (Å²) in [5.41, 5.74) is 3.87. The lowest BCUT2D eigenvalue weighted by molar-refractivity contribution is -0.139. The zero-order valence-corrected chi connectivity index (χ0v) is 17.6. The second-order valence-electron chi connectivity index (χ2n) is 7.89. The molecule has 32 heavy (non-hydrogen) atoms. The summed E-state index contributed by atoms with van der Waals surface area (Å²) in [6.45, 7) is 3.24. The van der Waals surface area contributed by atoms with Crippen LogP contribution in [0.1, 0.15) is 11.1 Å². The molecule has 5 rings (SSSR count). The lowest BCUT2D eigenvalue weighted by atomic mass is 10.1. The van der Waals surface area contributed by atoms with Gasteiger partial charge < -0.3 is 14.2 Å². The number of nitrogens with zero attached hydrogens (tertiary/aromatic N) is 4. The molecule has 0 N–H and O–H groups in total. The van der Waals surface area contributed by atoms with Gasteiger partial charge in [-0.3, -0.25) is 9.78 Å². The highest BCUT2D eigenvalue weighted by Crippen LogP contribution is 2.25. The van der Waals surface area contributed by atoms with Gasteiger partial charge in [-0.05, 0) is 48.9 Å². The molecule has 1 aliphatic heterocycles. The molecule has 1 fully saturated rings. The van der Waals surface area contributed by atoms with Crippen molar-refractivity contribution in [2.24, 2.45) is 0 Å². The van der Waals surface area contributed by atoms with Gasteiger partial charge in [0.25, 0.3) is 5.89 Å². The summed E-state index contributed by atoms with van der Waals surface area (Å²) in [7, 11) is 0. The number of aromatic nitrogens is 3.